The molecule has 2 aliphatic carbocycles. The number of fused-ring (bicyclic) bond motifs is 1. The number of ether oxygens (including phenoxy) is 2. The monoisotopic (exact) mass is 389 g/mol. The second-order valence-electron chi connectivity index (χ2n) is 9.29. The van der Waals surface area contributed by atoms with Crippen LogP contribution in [-0.2, 0) is 21.5 Å². The van der Waals surface area contributed by atoms with Gasteiger partial charge in [0, 0.05) is 18.4 Å². The summed E-state index contributed by atoms with van der Waals surface area (Å²) in [4.78, 5) is 17.6. The molecule has 2 atom stereocenters. The Balaban J connectivity index is 2.16. The maximum atomic E-state index is 12.7. The molecule has 1 aromatic rings. The van der Waals surface area contributed by atoms with E-state index in [1.807, 2.05) is 13.0 Å². The van der Waals surface area contributed by atoms with E-state index in [1.54, 1.807) is 14.0 Å². The number of aliphatic hydroxyl groups is 1. The van der Waals surface area contributed by atoms with Crippen LogP contribution >= 0.6 is 0 Å². The van der Waals surface area contributed by atoms with Crippen LogP contribution in [0.2, 0.25) is 0 Å². The van der Waals surface area contributed by atoms with Crippen LogP contribution in [0.25, 0.3) is 0 Å². The van der Waals surface area contributed by atoms with Gasteiger partial charge in [-0.15, -0.1) is 0 Å². The maximum absolute atomic E-state index is 12.7. The molecule has 5 heteroatoms. The van der Waals surface area contributed by atoms with Crippen molar-refractivity contribution in [3.63, 3.8) is 0 Å². The van der Waals surface area contributed by atoms with Crippen LogP contribution in [0, 0.1) is 11.3 Å². The van der Waals surface area contributed by atoms with Crippen LogP contribution in [0.15, 0.2) is 6.07 Å². The first-order chi connectivity index (χ1) is 13.2. The third kappa shape index (κ3) is 3.97. The number of pyridine rings is 1. The lowest BCUT2D eigenvalue weighted by Crippen LogP contribution is -2.46. The molecule has 1 fully saturated rings. The van der Waals surface area contributed by atoms with Gasteiger partial charge >= 0.3 is 5.97 Å². The fourth-order valence-electron chi connectivity index (χ4n) is 5.16. The number of rotatable bonds is 5. The minimum atomic E-state index is -0.944. The predicted octanol–water partition coefficient (Wildman–Crippen LogP) is 4.71. The molecule has 0 spiro atoms. The lowest BCUT2D eigenvalue weighted by molar-refractivity contribution is -0.0805. The Hall–Kier alpha value is -1.46. The first-order valence-corrected chi connectivity index (χ1v) is 10.7. The summed E-state index contributed by atoms with van der Waals surface area (Å²) < 4.78 is 10.8. The summed E-state index contributed by atoms with van der Waals surface area (Å²) in [7, 11) is 1.61. The Kier molecular flexibility index (Phi) is 6.16. The summed E-state index contributed by atoms with van der Waals surface area (Å²) in [6.07, 6.45) is 6.75. The van der Waals surface area contributed by atoms with Gasteiger partial charge in [-0.05, 0) is 56.9 Å². The van der Waals surface area contributed by atoms with Crippen molar-refractivity contribution in [3.8, 4) is 0 Å². The van der Waals surface area contributed by atoms with Crippen molar-refractivity contribution >= 4 is 5.97 Å². The zero-order valence-corrected chi connectivity index (χ0v) is 18.0. The Morgan fingerprint density at radius 1 is 1.32 bits per heavy atom. The fraction of sp³-hybridized carbons (Fsp3) is 0.739. The fourth-order valence-corrected chi connectivity index (χ4v) is 5.16. The first-order valence-electron chi connectivity index (χ1n) is 10.7. The standard InChI is InChI=1S/C23H35NO4/c1-6-28-21(25)17-12-18-19(24-20(17)15(2)27-5)13-22(3,4)14-23(18,26)16-10-8-7-9-11-16/h12,15-16,26H,6-11,13-14H2,1-5H3/t15?,23-/m0/s1. The molecule has 3 rings (SSSR count). The lowest BCUT2D eigenvalue weighted by Gasteiger charge is -2.48. The molecule has 2 aliphatic rings. The number of nitrogens with zero attached hydrogens (tertiary/aromatic N) is 1. The van der Waals surface area contributed by atoms with Crippen molar-refractivity contribution < 1.29 is 19.4 Å². The van der Waals surface area contributed by atoms with E-state index >= 15 is 0 Å². The van der Waals surface area contributed by atoms with Crippen molar-refractivity contribution in [2.45, 2.75) is 84.3 Å². The molecule has 0 aromatic carbocycles. The highest BCUT2D eigenvalue weighted by atomic mass is 16.5. The minimum Gasteiger partial charge on any atom is -0.462 e. The molecule has 1 heterocycles. The van der Waals surface area contributed by atoms with Crippen LogP contribution in [0.3, 0.4) is 0 Å². The summed E-state index contributed by atoms with van der Waals surface area (Å²) in [6.45, 7) is 8.38. The Bertz CT molecular complexity index is 724. The van der Waals surface area contributed by atoms with Crippen LogP contribution in [0.1, 0.15) is 99.6 Å². The van der Waals surface area contributed by atoms with Crippen LogP contribution in [0.4, 0.5) is 0 Å². The molecule has 0 amide bonds. The highest BCUT2D eigenvalue weighted by molar-refractivity contribution is 5.91. The van der Waals surface area contributed by atoms with Gasteiger partial charge in [-0.25, -0.2) is 4.79 Å². The summed E-state index contributed by atoms with van der Waals surface area (Å²) >= 11 is 0. The first kappa shape index (κ1) is 21.3. The SMILES string of the molecule is CCOC(=O)c1cc2c(nc1C(C)OC)CC(C)(C)C[C@]2(O)C1CCCCC1. The van der Waals surface area contributed by atoms with E-state index in [4.69, 9.17) is 14.5 Å². The van der Waals surface area contributed by atoms with Gasteiger partial charge in [-0.2, -0.15) is 0 Å². The van der Waals surface area contributed by atoms with Gasteiger partial charge in [0.25, 0.3) is 0 Å². The quantitative estimate of drug-likeness (QED) is 0.739. The third-order valence-corrected chi connectivity index (χ3v) is 6.51. The van der Waals surface area contributed by atoms with Crippen molar-refractivity contribution in [1.82, 2.24) is 4.98 Å². The molecular formula is C23H35NO4. The number of methoxy groups -OCH3 is 1. The highest BCUT2D eigenvalue weighted by Crippen LogP contribution is 2.51. The number of esters is 1. The van der Waals surface area contributed by atoms with E-state index in [0.717, 1.165) is 43.4 Å². The van der Waals surface area contributed by atoms with E-state index in [2.05, 4.69) is 13.8 Å². The molecule has 1 N–H and O–H groups in total. The number of carbonyl (C=O) groups is 1. The molecule has 1 saturated carbocycles. The number of carbonyl (C=O) groups excluding carboxylic acids is 1. The molecule has 1 aromatic heterocycles. The maximum Gasteiger partial charge on any atom is 0.340 e. The van der Waals surface area contributed by atoms with Gasteiger partial charge in [0.05, 0.1) is 29.6 Å². The minimum absolute atomic E-state index is 0.0504. The number of hydrogen-bond donors (Lipinski definition) is 1. The van der Waals surface area contributed by atoms with Gasteiger partial charge < -0.3 is 14.6 Å². The zero-order valence-electron chi connectivity index (χ0n) is 18.0. The second-order valence-corrected chi connectivity index (χ2v) is 9.29. The average Bonchev–Trinajstić information content (AvgIpc) is 2.66. The lowest BCUT2D eigenvalue weighted by atomic mass is 9.61. The third-order valence-electron chi connectivity index (χ3n) is 6.51. The van der Waals surface area contributed by atoms with Crippen molar-refractivity contribution in [2.75, 3.05) is 13.7 Å². The van der Waals surface area contributed by atoms with Gasteiger partial charge in [-0.3, -0.25) is 4.98 Å². The van der Waals surface area contributed by atoms with E-state index in [9.17, 15) is 9.90 Å². The van der Waals surface area contributed by atoms with E-state index in [1.165, 1.54) is 6.42 Å². The molecule has 0 radical (unpaired) electrons. The highest BCUT2D eigenvalue weighted by Gasteiger charge is 2.48. The molecule has 0 bridgehead atoms. The van der Waals surface area contributed by atoms with Crippen molar-refractivity contribution in [3.05, 3.63) is 28.6 Å². The molecule has 0 aliphatic heterocycles. The topological polar surface area (TPSA) is 68.7 Å². The van der Waals surface area contributed by atoms with Crippen molar-refractivity contribution in [1.29, 1.82) is 0 Å². The molecule has 1 unspecified atom stereocenters. The Labute approximate surface area is 168 Å². The molecule has 28 heavy (non-hydrogen) atoms. The normalized spacial score (nSPS) is 25.8. The Morgan fingerprint density at radius 3 is 2.61 bits per heavy atom. The molecule has 156 valence electrons. The summed E-state index contributed by atoms with van der Waals surface area (Å²) in [5.74, 6) is -0.186. The van der Waals surface area contributed by atoms with E-state index in [-0.39, 0.29) is 17.4 Å². The predicted molar refractivity (Wildman–Crippen MR) is 108 cm³/mol. The second kappa shape index (κ2) is 8.11. The summed E-state index contributed by atoms with van der Waals surface area (Å²) in [5.41, 5.74) is 1.75. The van der Waals surface area contributed by atoms with Crippen LogP contribution < -0.4 is 0 Å². The van der Waals surface area contributed by atoms with Gasteiger partial charge in [0.2, 0.25) is 0 Å². The molecule has 0 saturated heterocycles. The van der Waals surface area contributed by atoms with E-state index < -0.39 is 11.6 Å². The van der Waals surface area contributed by atoms with Crippen molar-refractivity contribution in [2.24, 2.45) is 11.3 Å². The largest absolute Gasteiger partial charge is 0.462 e. The van der Waals surface area contributed by atoms with Gasteiger partial charge in [0.1, 0.15) is 0 Å². The average molecular weight is 390 g/mol. The van der Waals surface area contributed by atoms with Gasteiger partial charge in [-0.1, -0.05) is 33.1 Å². The zero-order chi connectivity index (χ0) is 20.5. The number of hydrogen-bond acceptors (Lipinski definition) is 5. The smallest absolute Gasteiger partial charge is 0.340 e. The summed E-state index contributed by atoms with van der Waals surface area (Å²) in [6, 6.07) is 1.86. The summed E-state index contributed by atoms with van der Waals surface area (Å²) in [5, 5.41) is 12.0. The number of aromatic nitrogens is 1. The van der Waals surface area contributed by atoms with Gasteiger partial charge in [0.15, 0.2) is 0 Å². The van der Waals surface area contributed by atoms with Crippen LogP contribution in [-0.4, -0.2) is 29.8 Å². The Morgan fingerprint density at radius 2 is 2.00 bits per heavy atom. The van der Waals surface area contributed by atoms with Crippen LogP contribution in [0.5, 0.6) is 0 Å². The molecular weight excluding hydrogens is 354 g/mol. The molecule has 5 nitrogen and oxygen atoms in total. The van der Waals surface area contributed by atoms with E-state index in [0.29, 0.717) is 24.3 Å².